The maximum absolute atomic E-state index is 5.87. The molecule has 3 N–H and O–H groups in total. The first kappa shape index (κ1) is 9.92. The van der Waals surface area contributed by atoms with Crippen LogP contribution in [-0.2, 0) is 0 Å². The van der Waals surface area contributed by atoms with Crippen molar-refractivity contribution in [2.45, 2.75) is 25.8 Å². The molecule has 0 saturated heterocycles. The van der Waals surface area contributed by atoms with Crippen LogP contribution in [0.15, 0.2) is 22.9 Å². The molecule has 2 rings (SSSR count). The lowest BCUT2D eigenvalue weighted by atomic mass is 10.2. The van der Waals surface area contributed by atoms with Crippen molar-refractivity contribution in [3.63, 3.8) is 0 Å². The Balaban J connectivity index is 2.17. The molecule has 1 unspecified atom stereocenters. The van der Waals surface area contributed by atoms with Gasteiger partial charge in [-0.3, -0.25) is 0 Å². The highest BCUT2D eigenvalue weighted by Gasteiger charge is 2.14. The summed E-state index contributed by atoms with van der Waals surface area (Å²) < 4.78 is 5.10. The first-order valence-electron chi connectivity index (χ1n) is 5.04. The van der Waals surface area contributed by atoms with E-state index in [1.54, 1.807) is 0 Å². The van der Waals surface area contributed by atoms with Gasteiger partial charge in [0, 0.05) is 6.20 Å². The lowest BCUT2D eigenvalue weighted by Crippen LogP contribution is -2.09. The molecular weight excluding hydrogens is 192 g/mol. The van der Waals surface area contributed by atoms with Crippen molar-refractivity contribution in [1.29, 1.82) is 0 Å². The maximum Gasteiger partial charge on any atom is 0.243 e. The molecule has 0 aliphatic carbocycles. The van der Waals surface area contributed by atoms with Gasteiger partial charge in [0.25, 0.3) is 0 Å². The molecule has 80 valence electrons. The lowest BCUT2D eigenvalue weighted by molar-refractivity contribution is 0.348. The Kier molecular flexibility index (Phi) is 2.82. The van der Waals surface area contributed by atoms with Crippen molar-refractivity contribution >= 4 is 0 Å². The average molecular weight is 206 g/mol. The number of nitrogens with one attached hydrogen (secondary N) is 1. The fourth-order valence-electron chi connectivity index (χ4n) is 1.40. The van der Waals surface area contributed by atoms with Crippen LogP contribution in [0.3, 0.4) is 0 Å². The molecule has 2 heterocycles. The van der Waals surface area contributed by atoms with Crippen molar-refractivity contribution in [3.8, 4) is 11.5 Å². The van der Waals surface area contributed by atoms with E-state index in [9.17, 15) is 0 Å². The van der Waals surface area contributed by atoms with Crippen molar-refractivity contribution in [2.24, 2.45) is 5.73 Å². The van der Waals surface area contributed by atoms with Gasteiger partial charge in [-0.05, 0) is 18.6 Å². The van der Waals surface area contributed by atoms with Gasteiger partial charge in [-0.15, -0.1) is 0 Å². The summed E-state index contributed by atoms with van der Waals surface area (Å²) in [6, 6.07) is 3.61. The van der Waals surface area contributed by atoms with Gasteiger partial charge in [-0.1, -0.05) is 18.5 Å². The van der Waals surface area contributed by atoms with E-state index < -0.39 is 0 Å². The fraction of sp³-hybridized carbons (Fsp3) is 0.400. The predicted molar refractivity (Wildman–Crippen MR) is 55.9 cm³/mol. The first-order valence-corrected chi connectivity index (χ1v) is 5.04. The zero-order valence-electron chi connectivity index (χ0n) is 8.60. The van der Waals surface area contributed by atoms with Gasteiger partial charge in [-0.25, -0.2) is 0 Å². The molecule has 0 amide bonds. The van der Waals surface area contributed by atoms with Crippen LogP contribution in [0.5, 0.6) is 0 Å². The molecule has 0 aromatic carbocycles. The van der Waals surface area contributed by atoms with E-state index in [0.717, 1.165) is 18.5 Å². The summed E-state index contributed by atoms with van der Waals surface area (Å²) in [5, 5.41) is 3.86. The SMILES string of the molecule is CCCC(N)c1nc(-c2ccc[nH]2)no1. The topological polar surface area (TPSA) is 80.7 Å². The summed E-state index contributed by atoms with van der Waals surface area (Å²) >= 11 is 0. The summed E-state index contributed by atoms with van der Waals surface area (Å²) in [5.74, 6) is 1.06. The Bertz CT molecular complexity index is 407. The van der Waals surface area contributed by atoms with E-state index >= 15 is 0 Å². The minimum Gasteiger partial charge on any atom is -0.359 e. The summed E-state index contributed by atoms with van der Waals surface area (Å²) in [5.41, 5.74) is 6.71. The number of nitrogens with two attached hydrogens (primary N) is 1. The second kappa shape index (κ2) is 4.27. The normalized spacial score (nSPS) is 12.9. The monoisotopic (exact) mass is 206 g/mol. The zero-order valence-corrected chi connectivity index (χ0v) is 8.60. The van der Waals surface area contributed by atoms with Crippen LogP contribution in [-0.4, -0.2) is 15.1 Å². The number of aromatic amines is 1. The quantitative estimate of drug-likeness (QED) is 0.800. The van der Waals surface area contributed by atoms with E-state index in [1.165, 1.54) is 0 Å². The molecule has 1 atom stereocenters. The van der Waals surface area contributed by atoms with Gasteiger partial charge in [0.15, 0.2) is 0 Å². The summed E-state index contributed by atoms with van der Waals surface area (Å²) in [6.45, 7) is 2.07. The highest BCUT2D eigenvalue weighted by molar-refractivity contribution is 5.47. The lowest BCUT2D eigenvalue weighted by Gasteiger charge is -2.01. The molecule has 15 heavy (non-hydrogen) atoms. The molecule has 0 bridgehead atoms. The number of hydrogen-bond donors (Lipinski definition) is 2. The fourth-order valence-corrected chi connectivity index (χ4v) is 1.40. The summed E-state index contributed by atoms with van der Waals surface area (Å²) in [6.07, 6.45) is 3.67. The smallest absolute Gasteiger partial charge is 0.243 e. The molecular formula is C10H14N4O. The van der Waals surface area contributed by atoms with Crippen LogP contribution < -0.4 is 5.73 Å². The third kappa shape index (κ3) is 2.07. The van der Waals surface area contributed by atoms with Crippen LogP contribution in [0.1, 0.15) is 31.7 Å². The van der Waals surface area contributed by atoms with E-state index in [2.05, 4.69) is 22.0 Å². The van der Waals surface area contributed by atoms with Gasteiger partial charge in [0.05, 0.1) is 11.7 Å². The van der Waals surface area contributed by atoms with Crippen molar-refractivity contribution < 1.29 is 4.52 Å². The van der Waals surface area contributed by atoms with Crippen molar-refractivity contribution in [2.75, 3.05) is 0 Å². The average Bonchev–Trinajstić information content (AvgIpc) is 2.89. The number of nitrogens with zero attached hydrogens (tertiary/aromatic N) is 2. The van der Waals surface area contributed by atoms with Crippen molar-refractivity contribution in [3.05, 3.63) is 24.2 Å². The number of rotatable bonds is 4. The zero-order chi connectivity index (χ0) is 10.7. The Morgan fingerprint density at radius 1 is 1.60 bits per heavy atom. The van der Waals surface area contributed by atoms with E-state index in [-0.39, 0.29) is 6.04 Å². The standard InChI is InChI=1S/C10H14N4O/c1-2-4-7(11)10-13-9(14-15-10)8-5-3-6-12-8/h3,5-7,12H,2,4,11H2,1H3. The third-order valence-corrected chi connectivity index (χ3v) is 2.20. The minimum atomic E-state index is -0.161. The Morgan fingerprint density at radius 2 is 2.47 bits per heavy atom. The molecule has 5 heteroatoms. The van der Waals surface area contributed by atoms with Crippen LogP contribution >= 0.6 is 0 Å². The minimum absolute atomic E-state index is 0.161. The van der Waals surface area contributed by atoms with Crippen molar-refractivity contribution in [1.82, 2.24) is 15.1 Å². The highest BCUT2D eigenvalue weighted by Crippen LogP contribution is 2.18. The van der Waals surface area contributed by atoms with Crippen LogP contribution in [0.25, 0.3) is 11.5 Å². The van der Waals surface area contributed by atoms with E-state index in [1.807, 2.05) is 18.3 Å². The number of hydrogen-bond acceptors (Lipinski definition) is 4. The Labute approximate surface area is 87.7 Å². The molecule has 0 fully saturated rings. The Morgan fingerprint density at radius 3 is 3.13 bits per heavy atom. The second-order valence-corrected chi connectivity index (χ2v) is 3.44. The van der Waals surface area contributed by atoms with E-state index in [4.69, 9.17) is 10.3 Å². The number of aromatic nitrogens is 3. The van der Waals surface area contributed by atoms with Gasteiger partial charge in [-0.2, -0.15) is 4.98 Å². The van der Waals surface area contributed by atoms with Crippen LogP contribution in [0.4, 0.5) is 0 Å². The van der Waals surface area contributed by atoms with Crippen LogP contribution in [0, 0.1) is 0 Å². The second-order valence-electron chi connectivity index (χ2n) is 3.44. The van der Waals surface area contributed by atoms with Gasteiger partial charge in [0.1, 0.15) is 0 Å². The Hall–Kier alpha value is -1.62. The number of H-pyrrole nitrogens is 1. The molecule has 0 aliphatic heterocycles. The molecule has 2 aromatic rings. The van der Waals surface area contributed by atoms with Gasteiger partial charge in [0.2, 0.25) is 11.7 Å². The third-order valence-electron chi connectivity index (χ3n) is 2.20. The molecule has 0 spiro atoms. The molecule has 2 aromatic heterocycles. The molecule has 0 saturated carbocycles. The first-order chi connectivity index (χ1) is 7.31. The molecule has 5 nitrogen and oxygen atoms in total. The predicted octanol–water partition coefficient (Wildman–Crippen LogP) is 1.86. The maximum atomic E-state index is 5.87. The molecule has 0 aliphatic rings. The highest BCUT2D eigenvalue weighted by atomic mass is 16.5. The van der Waals surface area contributed by atoms with Gasteiger partial charge < -0.3 is 15.2 Å². The van der Waals surface area contributed by atoms with E-state index in [0.29, 0.717) is 11.7 Å². The van der Waals surface area contributed by atoms with Crippen LogP contribution in [0.2, 0.25) is 0 Å². The summed E-state index contributed by atoms with van der Waals surface area (Å²) in [4.78, 5) is 7.25. The molecule has 0 radical (unpaired) electrons. The van der Waals surface area contributed by atoms with Gasteiger partial charge >= 0.3 is 0 Å². The largest absolute Gasteiger partial charge is 0.359 e. The summed E-state index contributed by atoms with van der Waals surface area (Å²) in [7, 11) is 0.